The number of thiol groups is 1. The van der Waals surface area contributed by atoms with Gasteiger partial charge in [-0.25, -0.2) is 0 Å². The van der Waals surface area contributed by atoms with Crippen LogP contribution in [0.2, 0.25) is 0 Å². The summed E-state index contributed by atoms with van der Waals surface area (Å²) in [5.41, 5.74) is 0. The molecule has 1 aliphatic rings. The first kappa shape index (κ1) is 17.3. The highest BCUT2D eigenvalue weighted by atomic mass is 32.1. The van der Waals surface area contributed by atoms with E-state index in [2.05, 4.69) is 36.4 Å². The van der Waals surface area contributed by atoms with E-state index in [1.165, 1.54) is 77.5 Å². The smallest absolute Gasteiger partial charge is 0.0218 e. The van der Waals surface area contributed by atoms with Crippen molar-refractivity contribution in [1.82, 2.24) is 9.80 Å². The van der Waals surface area contributed by atoms with Crippen molar-refractivity contribution < 1.29 is 0 Å². The molecule has 0 N–H and O–H groups in total. The molecule has 19 heavy (non-hydrogen) atoms. The van der Waals surface area contributed by atoms with Gasteiger partial charge in [0.15, 0.2) is 0 Å². The Kier molecular flexibility index (Phi) is 10.0. The molecule has 0 bridgehead atoms. The molecule has 0 saturated carbocycles. The minimum atomic E-state index is 0.787. The first-order chi connectivity index (χ1) is 9.27. The van der Waals surface area contributed by atoms with Crippen LogP contribution in [0.4, 0.5) is 0 Å². The summed E-state index contributed by atoms with van der Waals surface area (Å²) in [5.74, 6) is 1.06. The lowest BCUT2D eigenvalue weighted by atomic mass is 10.1. The molecule has 0 amide bonds. The second-order valence-corrected chi connectivity index (χ2v) is 6.49. The average molecular weight is 287 g/mol. The van der Waals surface area contributed by atoms with Crippen molar-refractivity contribution in [3.63, 3.8) is 0 Å². The van der Waals surface area contributed by atoms with Crippen LogP contribution in [0, 0.1) is 0 Å². The third-order valence-electron chi connectivity index (χ3n) is 4.46. The van der Waals surface area contributed by atoms with Gasteiger partial charge in [0, 0.05) is 25.7 Å². The number of likely N-dealkylation sites (N-methyl/N-ethyl adjacent to an activating group) is 1. The molecule has 1 aliphatic heterocycles. The van der Waals surface area contributed by atoms with Crippen LogP contribution in [-0.2, 0) is 0 Å². The second-order valence-electron chi connectivity index (χ2n) is 6.04. The Bertz CT molecular complexity index is 211. The Morgan fingerprint density at radius 2 is 1.58 bits per heavy atom. The van der Waals surface area contributed by atoms with Crippen LogP contribution in [0.5, 0.6) is 0 Å². The molecule has 0 spiro atoms. The van der Waals surface area contributed by atoms with Crippen molar-refractivity contribution in [3.05, 3.63) is 0 Å². The molecule has 1 heterocycles. The Balaban J connectivity index is 1.95. The van der Waals surface area contributed by atoms with E-state index < -0.39 is 0 Å². The summed E-state index contributed by atoms with van der Waals surface area (Å²) < 4.78 is 0. The van der Waals surface area contributed by atoms with Crippen molar-refractivity contribution in [2.75, 3.05) is 39.0 Å². The third kappa shape index (κ3) is 7.57. The molecule has 0 radical (unpaired) electrons. The minimum Gasteiger partial charge on any atom is -0.301 e. The molecule has 114 valence electrons. The van der Waals surface area contributed by atoms with E-state index in [0.29, 0.717) is 0 Å². The fraction of sp³-hybridized carbons (Fsp3) is 1.00. The fourth-order valence-electron chi connectivity index (χ4n) is 2.99. The lowest BCUT2D eigenvalue weighted by Gasteiger charge is -2.39. The zero-order valence-electron chi connectivity index (χ0n) is 13.1. The maximum absolute atomic E-state index is 4.25. The molecule has 0 aromatic carbocycles. The van der Waals surface area contributed by atoms with E-state index in [0.717, 1.165) is 11.8 Å². The molecule has 2 nitrogen and oxygen atoms in total. The highest BCUT2D eigenvalue weighted by Gasteiger charge is 2.21. The summed E-state index contributed by atoms with van der Waals surface area (Å²) in [6.45, 7) is 7.45. The molecular weight excluding hydrogens is 252 g/mol. The SMILES string of the molecule is CCC1CN(CCCCCCCCCS)CCN1C. The maximum Gasteiger partial charge on any atom is 0.0218 e. The summed E-state index contributed by atoms with van der Waals surface area (Å²) in [5, 5.41) is 0. The van der Waals surface area contributed by atoms with Gasteiger partial charge in [0.25, 0.3) is 0 Å². The second kappa shape index (κ2) is 11.0. The van der Waals surface area contributed by atoms with Crippen molar-refractivity contribution in [2.45, 2.75) is 64.3 Å². The molecule has 1 atom stereocenters. The first-order valence-electron chi connectivity index (χ1n) is 8.31. The Hall–Kier alpha value is 0.270. The van der Waals surface area contributed by atoms with Crippen molar-refractivity contribution in [3.8, 4) is 0 Å². The number of piperazine rings is 1. The topological polar surface area (TPSA) is 6.48 Å². The van der Waals surface area contributed by atoms with E-state index in [-0.39, 0.29) is 0 Å². The molecule has 1 saturated heterocycles. The van der Waals surface area contributed by atoms with Gasteiger partial charge in [0.1, 0.15) is 0 Å². The molecule has 1 rings (SSSR count). The predicted molar refractivity (Wildman–Crippen MR) is 89.3 cm³/mol. The third-order valence-corrected chi connectivity index (χ3v) is 4.78. The highest BCUT2D eigenvalue weighted by molar-refractivity contribution is 7.80. The quantitative estimate of drug-likeness (QED) is 0.483. The standard InChI is InChI=1S/C16H34N2S/c1-3-16-15-18(13-12-17(16)2)11-9-7-5-4-6-8-10-14-19/h16,19H,3-15H2,1-2H3. The van der Waals surface area contributed by atoms with E-state index in [4.69, 9.17) is 0 Å². The molecule has 0 aliphatic carbocycles. The normalized spacial score (nSPS) is 21.9. The summed E-state index contributed by atoms with van der Waals surface area (Å²) in [7, 11) is 2.27. The molecule has 1 unspecified atom stereocenters. The monoisotopic (exact) mass is 286 g/mol. The number of rotatable bonds is 10. The van der Waals surface area contributed by atoms with Crippen molar-refractivity contribution in [1.29, 1.82) is 0 Å². The van der Waals surface area contributed by atoms with Crippen LogP contribution >= 0.6 is 12.6 Å². The fourth-order valence-corrected chi connectivity index (χ4v) is 3.21. The van der Waals surface area contributed by atoms with Gasteiger partial charge in [-0.1, -0.05) is 39.0 Å². The van der Waals surface area contributed by atoms with Gasteiger partial charge in [-0.2, -0.15) is 12.6 Å². The van der Waals surface area contributed by atoms with Gasteiger partial charge >= 0.3 is 0 Å². The van der Waals surface area contributed by atoms with E-state index in [9.17, 15) is 0 Å². The largest absolute Gasteiger partial charge is 0.301 e. The van der Waals surface area contributed by atoms with Crippen molar-refractivity contribution in [2.24, 2.45) is 0 Å². The van der Waals surface area contributed by atoms with Crippen LogP contribution in [-0.4, -0.2) is 54.8 Å². The Labute approximate surface area is 126 Å². The zero-order chi connectivity index (χ0) is 13.9. The van der Waals surface area contributed by atoms with Crippen molar-refractivity contribution >= 4 is 12.6 Å². The van der Waals surface area contributed by atoms with Crippen LogP contribution in [0.1, 0.15) is 58.3 Å². The van der Waals surface area contributed by atoms with Crippen LogP contribution < -0.4 is 0 Å². The number of nitrogens with zero attached hydrogens (tertiary/aromatic N) is 2. The number of unbranched alkanes of at least 4 members (excludes halogenated alkanes) is 6. The number of hydrogen-bond donors (Lipinski definition) is 1. The summed E-state index contributed by atoms with van der Waals surface area (Å²) in [6, 6.07) is 0.787. The molecule has 3 heteroatoms. The average Bonchev–Trinajstić information content (AvgIpc) is 2.43. The predicted octanol–water partition coefficient (Wildman–Crippen LogP) is 3.67. The van der Waals surface area contributed by atoms with Gasteiger partial charge in [0.05, 0.1) is 0 Å². The maximum atomic E-state index is 4.25. The van der Waals surface area contributed by atoms with Gasteiger partial charge in [-0.15, -0.1) is 0 Å². The number of hydrogen-bond acceptors (Lipinski definition) is 3. The first-order valence-corrected chi connectivity index (χ1v) is 8.94. The summed E-state index contributed by atoms with van der Waals surface area (Å²) in [4.78, 5) is 5.20. The highest BCUT2D eigenvalue weighted by Crippen LogP contribution is 2.13. The molecule has 0 aromatic rings. The Morgan fingerprint density at radius 3 is 2.21 bits per heavy atom. The van der Waals surface area contributed by atoms with Gasteiger partial charge in [-0.3, -0.25) is 0 Å². The molecular formula is C16H34N2S. The minimum absolute atomic E-state index is 0.787. The molecule has 1 fully saturated rings. The van der Waals surface area contributed by atoms with Crippen LogP contribution in [0.25, 0.3) is 0 Å². The summed E-state index contributed by atoms with van der Waals surface area (Å²) in [6.07, 6.45) is 11.0. The van der Waals surface area contributed by atoms with Gasteiger partial charge < -0.3 is 9.80 Å². The lowest BCUT2D eigenvalue weighted by molar-refractivity contribution is 0.0919. The van der Waals surface area contributed by atoms with E-state index in [1.54, 1.807) is 0 Å². The van der Waals surface area contributed by atoms with Gasteiger partial charge in [0.2, 0.25) is 0 Å². The van der Waals surface area contributed by atoms with Crippen LogP contribution in [0.15, 0.2) is 0 Å². The zero-order valence-corrected chi connectivity index (χ0v) is 14.0. The van der Waals surface area contributed by atoms with Gasteiger partial charge in [-0.05, 0) is 38.6 Å². The lowest BCUT2D eigenvalue weighted by Crippen LogP contribution is -2.51. The summed E-state index contributed by atoms with van der Waals surface area (Å²) >= 11 is 4.25. The molecule has 0 aromatic heterocycles. The van der Waals surface area contributed by atoms with Crippen LogP contribution in [0.3, 0.4) is 0 Å². The Morgan fingerprint density at radius 1 is 0.947 bits per heavy atom. The van der Waals surface area contributed by atoms with E-state index >= 15 is 0 Å². The van der Waals surface area contributed by atoms with E-state index in [1.807, 2.05) is 0 Å².